The summed E-state index contributed by atoms with van der Waals surface area (Å²) >= 11 is 0. The summed E-state index contributed by atoms with van der Waals surface area (Å²) in [7, 11) is 0. The van der Waals surface area contributed by atoms with Crippen LogP contribution in [0.25, 0.3) is 0 Å². The molecule has 0 atom stereocenters. The summed E-state index contributed by atoms with van der Waals surface area (Å²) in [6.07, 6.45) is 5.21. The van der Waals surface area contributed by atoms with Crippen molar-refractivity contribution in [3.63, 3.8) is 0 Å². The molecule has 0 amide bonds. The van der Waals surface area contributed by atoms with E-state index in [2.05, 4.69) is 6.58 Å². The topological polar surface area (TPSA) is 46.5 Å². The molecule has 0 radical (unpaired) electrons. The molecule has 0 rings (SSSR count). The van der Waals surface area contributed by atoms with Crippen molar-refractivity contribution in [3.8, 4) is 0 Å². The number of rotatable bonds is 7. The van der Waals surface area contributed by atoms with Gasteiger partial charge in [-0.25, -0.2) is 0 Å². The Bertz CT molecular complexity index is 207. The number of hydrogen-bond donors (Lipinski definition) is 1. The smallest absolute Gasteiger partial charge is 0.306 e. The largest absolute Gasteiger partial charge is 0.461 e. The van der Waals surface area contributed by atoms with E-state index in [9.17, 15) is 4.79 Å². The first-order valence-corrected chi connectivity index (χ1v) is 4.73. The molecule has 0 aliphatic heterocycles. The average molecular weight is 198 g/mol. The van der Waals surface area contributed by atoms with Gasteiger partial charge in [0.15, 0.2) is 0 Å². The van der Waals surface area contributed by atoms with Crippen LogP contribution >= 0.6 is 0 Å². The maximum atomic E-state index is 11.0. The second kappa shape index (κ2) is 8.51. The fourth-order valence-electron chi connectivity index (χ4n) is 0.936. The molecular formula is C11H18O3. The van der Waals surface area contributed by atoms with E-state index in [4.69, 9.17) is 9.84 Å². The Balaban J connectivity index is 3.60. The molecule has 0 unspecified atom stereocenters. The molecule has 1 N–H and O–H groups in total. The van der Waals surface area contributed by atoms with Crippen LogP contribution in [0, 0.1) is 0 Å². The Kier molecular flexibility index (Phi) is 7.84. The monoisotopic (exact) mass is 198 g/mol. The van der Waals surface area contributed by atoms with Crippen molar-refractivity contribution in [1.29, 1.82) is 0 Å². The lowest BCUT2D eigenvalue weighted by Crippen LogP contribution is -2.04. The van der Waals surface area contributed by atoms with E-state index in [1.807, 2.05) is 13.0 Å². The number of hydrogen-bond acceptors (Lipinski definition) is 3. The minimum atomic E-state index is -0.207. The fraction of sp³-hybridized carbons (Fsp3) is 0.545. The van der Waals surface area contributed by atoms with Crippen LogP contribution in [0.4, 0.5) is 0 Å². The summed E-state index contributed by atoms with van der Waals surface area (Å²) in [5, 5.41) is 8.56. The van der Waals surface area contributed by atoms with Crippen LogP contribution in [-0.4, -0.2) is 24.3 Å². The van der Waals surface area contributed by atoms with E-state index >= 15 is 0 Å². The van der Waals surface area contributed by atoms with Gasteiger partial charge in [0.2, 0.25) is 0 Å². The number of aliphatic hydroxyl groups is 1. The molecule has 0 saturated heterocycles. The summed E-state index contributed by atoms with van der Waals surface area (Å²) in [6.45, 7) is 5.82. The molecule has 0 aromatic heterocycles. The van der Waals surface area contributed by atoms with Crippen molar-refractivity contribution in [3.05, 3.63) is 24.3 Å². The molecule has 0 spiro atoms. The van der Waals surface area contributed by atoms with E-state index in [0.717, 1.165) is 5.57 Å². The minimum Gasteiger partial charge on any atom is -0.461 e. The molecule has 80 valence electrons. The summed E-state index contributed by atoms with van der Waals surface area (Å²) in [4.78, 5) is 11.0. The second-order valence-electron chi connectivity index (χ2n) is 3.03. The van der Waals surface area contributed by atoms with Crippen molar-refractivity contribution in [2.75, 3.05) is 13.2 Å². The van der Waals surface area contributed by atoms with Gasteiger partial charge in [0.1, 0.15) is 6.61 Å². The number of carbonyl (C=O) groups excluding carboxylic acids is 1. The lowest BCUT2D eigenvalue weighted by Gasteiger charge is -2.02. The highest BCUT2D eigenvalue weighted by Crippen LogP contribution is 2.05. The average Bonchev–Trinajstić information content (AvgIpc) is 2.20. The summed E-state index contributed by atoms with van der Waals surface area (Å²) in [5.74, 6) is -0.207. The lowest BCUT2D eigenvalue weighted by atomic mass is 10.1. The van der Waals surface area contributed by atoms with Crippen molar-refractivity contribution in [2.24, 2.45) is 0 Å². The first kappa shape index (κ1) is 12.9. The van der Waals surface area contributed by atoms with Crippen molar-refractivity contribution in [2.45, 2.75) is 26.2 Å². The van der Waals surface area contributed by atoms with Gasteiger partial charge in [0.05, 0.1) is 0 Å². The van der Waals surface area contributed by atoms with Crippen LogP contribution in [0.2, 0.25) is 0 Å². The number of ether oxygens (including phenoxy) is 1. The van der Waals surface area contributed by atoms with Gasteiger partial charge in [0, 0.05) is 13.0 Å². The molecule has 0 aromatic rings. The van der Waals surface area contributed by atoms with Gasteiger partial charge in [-0.2, -0.15) is 0 Å². The summed E-state index contributed by atoms with van der Waals surface area (Å²) < 4.78 is 4.81. The number of esters is 1. The van der Waals surface area contributed by atoms with E-state index in [-0.39, 0.29) is 19.2 Å². The molecule has 0 fully saturated rings. The van der Waals surface area contributed by atoms with Gasteiger partial charge in [-0.05, 0) is 19.8 Å². The molecule has 0 heterocycles. The summed E-state index contributed by atoms with van der Waals surface area (Å²) in [6, 6.07) is 0. The van der Waals surface area contributed by atoms with Crippen LogP contribution in [0.5, 0.6) is 0 Å². The molecule has 0 aromatic carbocycles. The van der Waals surface area contributed by atoms with Gasteiger partial charge in [-0.3, -0.25) is 4.79 Å². The number of aliphatic hydroxyl groups excluding tert-OH is 1. The molecule has 0 aliphatic carbocycles. The first-order valence-electron chi connectivity index (χ1n) is 4.73. The molecule has 3 heteroatoms. The van der Waals surface area contributed by atoms with Crippen molar-refractivity contribution < 1.29 is 14.6 Å². The maximum absolute atomic E-state index is 11.0. The third-order valence-corrected chi connectivity index (χ3v) is 1.71. The Morgan fingerprint density at radius 3 is 2.79 bits per heavy atom. The number of carbonyl (C=O) groups is 1. The SMILES string of the molecule is C=CCOC(=O)CC/C(C)=C/CCO. The van der Waals surface area contributed by atoms with Gasteiger partial charge in [0.25, 0.3) is 0 Å². The quantitative estimate of drug-likeness (QED) is 0.501. The molecule has 3 nitrogen and oxygen atoms in total. The first-order chi connectivity index (χ1) is 6.70. The molecule has 0 aliphatic rings. The second-order valence-corrected chi connectivity index (χ2v) is 3.03. The molecule has 0 saturated carbocycles. The van der Waals surface area contributed by atoms with Gasteiger partial charge >= 0.3 is 5.97 Å². The lowest BCUT2D eigenvalue weighted by molar-refractivity contribution is -0.142. The highest BCUT2D eigenvalue weighted by molar-refractivity contribution is 5.69. The van der Waals surface area contributed by atoms with Crippen molar-refractivity contribution in [1.82, 2.24) is 0 Å². The van der Waals surface area contributed by atoms with Crippen LogP contribution in [0.3, 0.4) is 0 Å². The third kappa shape index (κ3) is 7.55. The third-order valence-electron chi connectivity index (χ3n) is 1.71. The highest BCUT2D eigenvalue weighted by Gasteiger charge is 2.01. The zero-order chi connectivity index (χ0) is 10.8. The van der Waals surface area contributed by atoms with Gasteiger partial charge < -0.3 is 9.84 Å². The van der Waals surface area contributed by atoms with E-state index in [1.54, 1.807) is 6.08 Å². The zero-order valence-electron chi connectivity index (χ0n) is 8.66. The normalized spacial score (nSPS) is 11.1. The van der Waals surface area contributed by atoms with Gasteiger partial charge in [-0.15, -0.1) is 0 Å². The molecule has 0 bridgehead atoms. The standard InChI is InChI=1S/C11H18O3/c1-3-9-14-11(13)7-6-10(2)5-4-8-12/h3,5,12H,1,4,6-9H2,2H3/b10-5+. The summed E-state index contributed by atoms with van der Waals surface area (Å²) in [5.41, 5.74) is 1.11. The maximum Gasteiger partial charge on any atom is 0.306 e. The van der Waals surface area contributed by atoms with Crippen LogP contribution in [0.1, 0.15) is 26.2 Å². The Morgan fingerprint density at radius 2 is 2.21 bits per heavy atom. The minimum absolute atomic E-state index is 0.151. The van der Waals surface area contributed by atoms with Crippen LogP contribution in [0.15, 0.2) is 24.3 Å². The van der Waals surface area contributed by atoms with E-state index in [1.165, 1.54) is 0 Å². The number of allylic oxidation sites excluding steroid dienone is 1. The highest BCUT2D eigenvalue weighted by atomic mass is 16.5. The molecule has 14 heavy (non-hydrogen) atoms. The zero-order valence-corrected chi connectivity index (χ0v) is 8.66. The Labute approximate surface area is 85.1 Å². The predicted octanol–water partition coefficient (Wildman–Crippen LogP) is 1.82. The van der Waals surface area contributed by atoms with E-state index < -0.39 is 0 Å². The predicted molar refractivity (Wildman–Crippen MR) is 55.8 cm³/mol. The fourth-order valence-corrected chi connectivity index (χ4v) is 0.936. The molecular weight excluding hydrogens is 180 g/mol. The van der Waals surface area contributed by atoms with Crippen LogP contribution in [-0.2, 0) is 9.53 Å². The van der Waals surface area contributed by atoms with Crippen LogP contribution < -0.4 is 0 Å². The Morgan fingerprint density at radius 1 is 1.50 bits per heavy atom. The Hall–Kier alpha value is -1.09. The van der Waals surface area contributed by atoms with Gasteiger partial charge in [-0.1, -0.05) is 24.3 Å². The van der Waals surface area contributed by atoms with E-state index in [0.29, 0.717) is 19.3 Å². The van der Waals surface area contributed by atoms with Crippen molar-refractivity contribution >= 4 is 5.97 Å².